The van der Waals surface area contributed by atoms with Gasteiger partial charge in [-0.15, -0.1) is 11.8 Å². The Morgan fingerprint density at radius 3 is 2.79 bits per heavy atom. The smallest absolute Gasteiger partial charge is 0.234 e. The Hall–Kier alpha value is -2.27. The van der Waals surface area contributed by atoms with Crippen molar-refractivity contribution in [1.29, 1.82) is 0 Å². The van der Waals surface area contributed by atoms with Crippen LogP contribution in [-0.4, -0.2) is 24.1 Å². The van der Waals surface area contributed by atoms with Crippen LogP contribution in [-0.2, 0) is 9.59 Å². The van der Waals surface area contributed by atoms with Crippen molar-refractivity contribution in [3.05, 3.63) is 54.1 Å². The van der Waals surface area contributed by atoms with Crippen molar-refractivity contribution < 1.29 is 9.59 Å². The molecule has 0 aliphatic carbocycles. The molecule has 0 atom stereocenters. The van der Waals surface area contributed by atoms with Gasteiger partial charge in [-0.3, -0.25) is 9.59 Å². The van der Waals surface area contributed by atoms with Crippen LogP contribution in [0.5, 0.6) is 0 Å². The van der Waals surface area contributed by atoms with Crippen LogP contribution >= 0.6 is 11.8 Å². The Balaban J connectivity index is 1.60. The Morgan fingerprint density at radius 1 is 1.21 bits per heavy atom. The van der Waals surface area contributed by atoms with Gasteiger partial charge in [-0.25, -0.2) is 0 Å². The van der Waals surface area contributed by atoms with E-state index >= 15 is 0 Å². The Labute approximate surface area is 146 Å². The van der Waals surface area contributed by atoms with Crippen LogP contribution < -0.4 is 10.2 Å². The minimum atomic E-state index is -0.0480. The lowest BCUT2D eigenvalue weighted by molar-refractivity contribution is -0.117. The van der Waals surface area contributed by atoms with E-state index in [4.69, 9.17) is 0 Å². The zero-order chi connectivity index (χ0) is 16.9. The van der Waals surface area contributed by atoms with Gasteiger partial charge in [0.25, 0.3) is 0 Å². The van der Waals surface area contributed by atoms with E-state index in [0.717, 1.165) is 29.2 Å². The van der Waals surface area contributed by atoms with Gasteiger partial charge in [0.05, 0.1) is 5.75 Å². The third-order valence-corrected chi connectivity index (χ3v) is 5.14. The van der Waals surface area contributed by atoms with E-state index in [1.165, 1.54) is 17.3 Å². The van der Waals surface area contributed by atoms with Gasteiger partial charge < -0.3 is 10.2 Å². The number of nitrogens with zero attached hydrogens (tertiary/aromatic N) is 1. The maximum absolute atomic E-state index is 12.2. The lowest BCUT2D eigenvalue weighted by Gasteiger charge is -2.16. The zero-order valence-corrected chi connectivity index (χ0v) is 14.4. The van der Waals surface area contributed by atoms with Crippen LogP contribution in [0.4, 0.5) is 11.4 Å². The van der Waals surface area contributed by atoms with Crippen molar-refractivity contribution in [1.82, 2.24) is 0 Å². The first-order valence-corrected chi connectivity index (χ1v) is 9.01. The molecule has 1 fully saturated rings. The van der Waals surface area contributed by atoms with Gasteiger partial charge in [-0.2, -0.15) is 0 Å². The number of hydrogen-bond acceptors (Lipinski definition) is 3. The predicted octanol–water partition coefficient (Wildman–Crippen LogP) is 3.85. The molecule has 0 bridgehead atoms. The lowest BCUT2D eigenvalue weighted by Crippen LogP contribution is -2.23. The molecule has 124 valence electrons. The van der Waals surface area contributed by atoms with E-state index in [-0.39, 0.29) is 11.8 Å². The number of amides is 2. The first-order valence-electron chi connectivity index (χ1n) is 8.02. The van der Waals surface area contributed by atoms with Crippen molar-refractivity contribution >= 4 is 35.0 Å². The SMILES string of the molecule is Cc1ccccc1SCC(=O)Nc1cccc(N2CCCC2=O)c1. The highest BCUT2D eigenvalue weighted by atomic mass is 32.2. The third kappa shape index (κ3) is 3.97. The van der Waals surface area contributed by atoms with E-state index < -0.39 is 0 Å². The van der Waals surface area contributed by atoms with Gasteiger partial charge in [0.15, 0.2) is 0 Å². The molecule has 2 aromatic rings. The molecule has 1 heterocycles. The average molecular weight is 340 g/mol. The molecule has 3 rings (SSSR count). The first-order chi connectivity index (χ1) is 11.6. The number of aryl methyl sites for hydroxylation is 1. The number of carbonyl (C=O) groups is 2. The normalized spacial score (nSPS) is 14.0. The van der Waals surface area contributed by atoms with Gasteiger partial charge in [0.2, 0.25) is 11.8 Å². The Morgan fingerprint density at radius 2 is 2.04 bits per heavy atom. The topological polar surface area (TPSA) is 49.4 Å². The van der Waals surface area contributed by atoms with Gasteiger partial charge in [0, 0.05) is 29.2 Å². The third-order valence-electron chi connectivity index (χ3n) is 3.97. The highest BCUT2D eigenvalue weighted by molar-refractivity contribution is 8.00. The molecule has 2 amide bonds. The van der Waals surface area contributed by atoms with E-state index in [2.05, 4.69) is 5.32 Å². The summed E-state index contributed by atoms with van der Waals surface area (Å²) in [6, 6.07) is 15.5. The summed E-state index contributed by atoms with van der Waals surface area (Å²) in [5.74, 6) is 0.458. The summed E-state index contributed by atoms with van der Waals surface area (Å²) in [6.07, 6.45) is 1.49. The maximum atomic E-state index is 12.2. The molecule has 1 N–H and O–H groups in total. The van der Waals surface area contributed by atoms with E-state index in [0.29, 0.717) is 12.2 Å². The maximum Gasteiger partial charge on any atom is 0.234 e. The summed E-state index contributed by atoms with van der Waals surface area (Å²) < 4.78 is 0. The van der Waals surface area contributed by atoms with Gasteiger partial charge >= 0.3 is 0 Å². The quantitative estimate of drug-likeness (QED) is 0.841. The van der Waals surface area contributed by atoms with Crippen LogP contribution in [0.2, 0.25) is 0 Å². The first kappa shape index (κ1) is 16.6. The summed E-state index contributed by atoms with van der Waals surface area (Å²) in [5.41, 5.74) is 2.74. The molecule has 1 aliphatic heterocycles. The van der Waals surface area contributed by atoms with Gasteiger partial charge in [-0.1, -0.05) is 24.3 Å². The van der Waals surface area contributed by atoms with E-state index in [9.17, 15) is 9.59 Å². The molecule has 0 saturated carbocycles. The highest BCUT2D eigenvalue weighted by Crippen LogP contribution is 2.25. The molecule has 4 nitrogen and oxygen atoms in total. The molecule has 0 spiro atoms. The fourth-order valence-corrected chi connectivity index (χ4v) is 3.56. The summed E-state index contributed by atoms with van der Waals surface area (Å²) in [6.45, 7) is 2.79. The van der Waals surface area contributed by atoms with E-state index in [1.807, 2.05) is 55.5 Å². The van der Waals surface area contributed by atoms with Crippen LogP contribution in [0.15, 0.2) is 53.4 Å². The zero-order valence-electron chi connectivity index (χ0n) is 13.6. The molecular weight excluding hydrogens is 320 g/mol. The Bertz CT molecular complexity index is 761. The number of hydrogen-bond donors (Lipinski definition) is 1. The second-order valence-corrected chi connectivity index (χ2v) is 6.82. The van der Waals surface area contributed by atoms with Crippen LogP contribution in [0, 0.1) is 6.92 Å². The number of anilines is 2. The van der Waals surface area contributed by atoms with E-state index in [1.54, 1.807) is 4.90 Å². The molecule has 1 saturated heterocycles. The second-order valence-electron chi connectivity index (χ2n) is 5.80. The molecule has 24 heavy (non-hydrogen) atoms. The van der Waals surface area contributed by atoms with Crippen molar-refractivity contribution in [3.63, 3.8) is 0 Å². The standard InChI is InChI=1S/C19H20N2O2S/c1-14-6-2-3-9-17(14)24-13-18(22)20-15-7-4-8-16(12-15)21-11-5-10-19(21)23/h2-4,6-9,12H,5,10-11,13H2,1H3,(H,20,22). The molecular formula is C19H20N2O2S. The van der Waals surface area contributed by atoms with Gasteiger partial charge in [0.1, 0.15) is 0 Å². The fraction of sp³-hybridized carbons (Fsp3) is 0.263. The van der Waals surface area contributed by atoms with Crippen LogP contribution in [0.25, 0.3) is 0 Å². The van der Waals surface area contributed by atoms with Crippen LogP contribution in [0.1, 0.15) is 18.4 Å². The number of thioether (sulfide) groups is 1. The minimum Gasteiger partial charge on any atom is -0.325 e. The van der Waals surface area contributed by atoms with Crippen molar-refractivity contribution in [2.24, 2.45) is 0 Å². The summed E-state index contributed by atoms with van der Waals surface area (Å²) in [4.78, 5) is 26.9. The van der Waals surface area contributed by atoms with Gasteiger partial charge in [-0.05, 0) is 43.2 Å². The second kappa shape index (κ2) is 7.53. The van der Waals surface area contributed by atoms with Crippen LogP contribution in [0.3, 0.4) is 0 Å². The fourth-order valence-electron chi connectivity index (χ4n) is 2.73. The summed E-state index contributed by atoms with van der Waals surface area (Å²) in [7, 11) is 0. The average Bonchev–Trinajstić information content (AvgIpc) is 3.00. The lowest BCUT2D eigenvalue weighted by atomic mass is 10.2. The molecule has 0 aromatic heterocycles. The van der Waals surface area contributed by atoms with Crippen molar-refractivity contribution in [2.75, 3.05) is 22.5 Å². The number of benzene rings is 2. The number of rotatable bonds is 5. The molecule has 1 aliphatic rings. The van der Waals surface area contributed by atoms with Crippen molar-refractivity contribution in [3.8, 4) is 0 Å². The summed E-state index contributed by atoms with van der Waals surface area (Å²) >= 11 is 1.53. The molecule has 0 radical (unpaired) electrons. The van der Waals surface area contributed by atoms with Crippen molar-refractivity contribution in [2.45, 2.75) is 24.7 Å². The summed E-state index contributed by atoms with van der Waals surface area (Å²) in [5, 5.41) is 2.91. The monoisotopic (exact) mass is 340 g/mol. The largest absolute Gasteiger partial charge is 0.325 e. The number of carbonyl (C=O) groups excluding carboxylic acids is 2. The molecule has 5 heteroatoms. The minimum absolute atomic E-state index is 0.0480. The number of nitrogens with one attached hydrogen (secondary N) is 1. The highest BCUT2D eigenvalue weighted by Gasteiger charge is 2.21. The predicted molar refractivity (Wildman–Crippen MR) is 98.6 cm³/mol. The molecule has 0 unspecified atom stereocenters. The Kier molecular flexibility index (Phi) is 5.20. The molecule has 2 aromatic carbocycles.